The maximum atomic E-state index is 13.0. The number of hydrogen-bond donors (Lipinski definition) is 1. The maximum Gasteiger partial charge on any atom is 0.318 e. The second-order valence-electron chi connectivity index (χ2n) is 8.18. The van der Waals surface area contributed by atoms with Crippen LogP contribution in [0.1, 0.15) is 38.7 Å². The summed E-state index contributed by atoms with van der Waals surface area (Å²) in [7, 11) is 0. The molecular weight excluding hydrogens is 345 g/mol. The van der Waals surface area contributed by atoms with E-state index in [2.05, 4.69) is 24.1 Å². The van der Waals surface area contributed by atoms with E-state index in [1.54, 1.807) is 0 Å². The van der Waals surface area contributed by atoms with Gasteiger partial charge in [0.15, 0.2) is 0 Å². The van der Waals surface area contributed by atoms with Crippen LogP contribution in [0.5, 0.6) is 0 Å². The van der Waals surface area contributed by atoms with Crippen LogP contribution in [-0.4, -0.2) is 60.8 Å². The van der Waals surface area contributed by atoms with Crippen molar-refractivity contribution in [2.24, 2.45) is 5.92 Å². The molecule has 0 saturated carbocycles. The standard InChI is InChI=1S/C21H32FN3O2/c1-16(2)13-20-15-27-12-11-25(20)21(26)23-19-7-9-24(10-8-19)14-17-3-5-18(22)6-4-17/h3-6,16,19-20H,7-15H2,1-2H3,(H,23,26)/t20-/m0/s1. The zero-order chi connectivity index (χ0) is 19.2. The van der Waals surface area contributed by atoms with Gasteiger partial charge in [0.05, 0.1) is 19.3 Å². The Morgan fingerprint density at radius 3 is 2.59 bits per heavy atom. The van der Waals surface area contributed by atoms with Crippen molar-refractivity contribution in [2.75, 3.05) is 32.8 Å². The van der Waals surface area contributed by atoms with Crippen molar-refractivity contribution in [1.82, 2.24) is 15.1 Å². The van der Waals surface area contributed by atoms with Gasteiger partial charge in [-0.25, -0.2) is 9.18 Å². The molecule has 6 heteroatoms. The molecule has 0 spiro atoms. The minimum Gasteiger partial charge on any atom is -0.377 e. The second-order valence-corrected chi connectivity index (χ2v) is 8.18. The summed E-state index contributed by atoms with van der Waals surface area (Å²) < 4.78 is 18.6. The summed E-state index contributed by atoms with van der Waals surface area (Å²) >= 11 is 0. The first-order chi connectivity index (χ1) is 13.0. The Kier molecular flexibility index (Phi) is 7.07. The zero-order valence-electron chi connectivity index (χ0n) is 16.5. The van der Waals surface area contributed by atoms with E-state index in [0.717, 1.165) is 44.5 Å². The Morgan fingerprint density at radius 1 is 1.22 bits per heavy atom. The van der Waals surface area contributed by atoms with Crippen LogP contribution in [0.2, 0.25) is 0 Å². The summed E-state index contributed by atoms with van der Waals surface area (Å²) in [6.45, 7) is 9.03. The van der Waals surface area contributed by atoms with Crippen LogP contribution in [-0.2, 0) is 11.3 Å². The molecule has 1 N–H and O–H groups in total. The summed E-state index contributed by atoms with van der Waals surface area (Å²) in [6, 6.07) is 7.17. The number of amides is 2. The topological polar surface area (TPSA) is 44.8 Å². The van der Waals surface area contributed by atoms with Gasteiger partial charge in [-0.1, -0.05) is 26.0 Å². The van der Waals surface area contributed by atoms with Gasteiger partial charge in [-0.15, -0.1) is 0 Å². The highest BCUT2D eigenvalue weighted by Gasteiger charge is 2.30. The van der Waals surface area contributed by atoms with E-state index in [0.29, 0.717) is 25.7 Å². The minimum atomic E-state index is -0.195. The lowest BCUT2D eigenvalue weighted by Crippen LogP contribution is -2.55. The molecule has 2 saturated heterocycles. The molecule has 2 fully saturated rings. The number of nitrogens with zero attached hydrogens (tertiary/aromatic N) is 2. The van der Waals surface area contributed by atoms with E-state index in [-0.39, 0.29) is 23.9 Å². The number of urea groups is 1. The molecular formula is C21H32FN3O2. The number of nitrogens with one attached hydrogen (secondary N) is 1. The van der Waals surface area contributed by atoms with Crippen molar-refractivity contribution in [2.45, 2.75) is 51.7 Å². The van der Waals surface area contributed by atoms with Crippen LogP contribution in [0, 0.1) is 11.7 Å². The molecule has 27 heavy (non-hydrogen) atoms. The van der Waals surface area contributed by atoms with Crippen molar-refractivity contribution in [3.05, 3.63) is 35.6 Å². The van der Waals surface area contributed by atoms with Crippen molar-refractivity contribution >= 4 is 6.03 Å². The molecule has 2 aliphatic rings. The highest BCUT2D eigenvalue weighted by atomic mass is 19.1. The molecule has 0 aliphatic carbocycles. The molecule has 1 atom stereocenters. The molecule has 1 aromatic rings. The van der Waals surface area contributed by atoms with Gasteiger partial charge in [-0.05, 0) is 42.9 Å². The van der Waals surface area contributed by atoms with Crippen LogP contribution in [0.15, 0.2) is 24.3 Å². The Labute approximate surface area is 161 Å². The van der Waals surface area contributed by atoms with Crippen LogP contribution >= 0.6 is 0 Å². The lowest BCUT2D eigenvalue weighted by molar-refractivity contribution is 0.00449. The van der Waals surface area contributed by atoms with E-state index >= 15 is 0 Å². The average Bonchev–Trinajstić information content (AvgIpc) is 2.65. The number of carbonyl (C=O) groups excluding carboxylic acids is 1. The number of rotatable bonds is 5. The van der Waals surface area contributed by atoms with Crippen LogP contribution in [0.4, 0.5) is 9.18 Å². The number of benzene rings is 1. The van der Waals surface area contributed by atoms with Gasteiger partial charge < -0.3 is 15.0 Å². The second kappa shape index (κ2) is 9.51. The Hall–Kier alpha value is -1.66. The quantitative estimate of drug-likeness (QED) is 0.857. The predicted molar refractivity (Wildman–Crippen MR) is 104 cm³/mol. The molecule has 0 radical (unpaired) electrons. The largest absolute Gasteiger partial charge is 0.377 e. The monoisotopic (exact) mass is 377 g/mol. The Balaban J connectivity index is 1.45. The van der Waals surface area contributed by atoms with Gasteiger partial charge in [-0.3, -0.25) is 4.90 Å². The third-order valence-electron chi connectivity index (χ3n) is 5.47. The molecule has 150 valence electrons. The number of morpholine rings is 1. The van der Waals surface area contributed by atoms with Crippen molar-refractivity contribution < 1.29 is 13.9 Å². The Bertz CT molecular complexity index is 600. The van der Waals surface area contributed by atoms with Crippen molar-refractivity contribution in [3.63, 3.8) is 0 Å². The predicted octanol–water partition coefficient (Wildman–Crippen LogP) is 3.25. The lowest BCUT2D eigenvalue weighted by Gasteiger charge is -2.38. The van der Waals surface area contributed by atoms with Gasteiger partial charge in [0.1, 0.15) is 5.82 Å². The first-order valence-electron chi connectivity index (χ1n) is 10.1. The third kappa shape index (κ3) is 5.91. The first kappa shape index (κ1) is 20.1. The maximum absolute atomic E-state index is 13.0. The SMILES string of the molecule is CC(C)C[C@H]1COCCN1C(=O)NC1CCN(Cc2ccc(F)cc2)CC1. The molecule has 1 aromatic carbocycles. The van der Waals surface area contributed by atoms with Crippen molar-refractivity contribution in [1.29, 1.82) is 0 Å². The average molecular weight is 378 g/mol. The van der Waals surface area contributed by atoms with E-state index in [1.807, 2.05) is 17.0 Å². The highest BCUT2D eigenvalue weighted by Crippen LogP contribution is 2.18. The summed E-state index contributed by atoms with van der Waals surface area (Å²) in [5, 5.41) is 3.24. The number of halogens is 1. The zero-order valence-corrected chi connectivity index (χ0v) is 16.5. The van der Waals surface area contributed by atoms with Crippen molar-refractivity contribution in [3.8, 4) is 0 Å². The summed E-state index contributed by atoms with van der Waals surface area (Å²) in [5.41, 5.74) is 1.13. The van der Waals surface area contributed by atoms with E-state index < -0.39 is 0 Å². The minimum absolute atomic E-state index is 0.0564. The van der Waals surface area contributed by atoms with Crippen LogP contribution < -0.4 is 5.32 Å². The first-order valence-corrected chi connectivity index (χ1v) is 10.1. The number of piperidine rings is 1. The number of hydrogen-bond acceptors (Lipinski definition) is 3. The number of likely N-dealkylation sites (tertiary alicyclic amines) is 1. The van der Waals surface area contributed by atoms with Gasteiger partial charge in [0.2, 0.25) is 0 Å². The van der Waals surface area contributed by atoms with E-state index in [4.69, 9.17) is 4.74 Å². The summed E-state index contributed by atoms with van der Waals surface area (Å²) in [4.78, 5) is 17.1. The molecule has 0 aromatic heterocycles. The molecule has 2 heterocycles. The summed E-state index contributed by atoms with van der Waals surface area (Å²) in [5.74, 6) is 0.348. The van der Waals surface area contributed by atoms with E-state index in [1.165, 1.54) is 12.1 Å². The molecule has 3 rings (SSSR count). The fourth-order valence-electron chi connectivity index (χ4n) is 4.00. The molecule has 2 aliphatic heterocycles. The summed E-state index contributed by atoms with van der Waals surface area (Å²) in [6.07, 6.45) is 2.88. The number of ether oxygens (including phenoxy) is 1. The van der Waals surface area contributed by atoms with Gasteiger partial charge >= 0.3 is 6.03 Å². The van der Waals surface area contributed by atoms with Crippen LogP contribution in [0.25, 0.3) is 0 Å². The smallest absolute Gasteiger partial charge is 0.318 e. The third-order valence-corrected chi connectivity index (χ3v) is 5.47. The van der Waals surface area contributed by atoms with Gasteiger partial charge in [0, 0.05) is 32.2 Å². The highest BCUT2D eigenvalue weighted by molar-refractivity contribution is 5.75. The molecule has 0 unspecified atom stereocenters. The lowest BCUT2D eigenvalue weighted by atomic mass is 10.0. The van der Waals surface area contributed by atoms with Gasteiger partial charge in [-0.2, -0.15) is 0 Å². The molecule has 0 bridgehead atoms. The molecule has 2 amide bonds. The van der Waals surface area contributed by atoms with Crippen LogP contribution in [0.3, 0.4) is 0 Å². The van der Waals surface area contributed by atoms with Gasteiger partial charge in [0.25, 0.3) is 0 Å². The normalized spacial score (nSPS) is 22.2. The fraction of sp³-hybridized carbons (Fsp3) is 0.667. The fourth-order valence-corrected chi connectivity index (χ4v) is 4.00. The van der Waals surface area contributed by atoms with E-state index in [9.17, 15) is 9.18 Å². The Morgan fingerprint density at radius 2 is 1.93 bits per heavy atom. The number of carbonyl (C=O) groups is 1. The molecule has 5 nitrogen and oxygen atoms in total.